The van der Waals surface area contributed by atoms with Crippen molar-refractivity contribution in [3.05, 3.63) is 56.3 Å². The first-order chi connectivity index (χ1) is 9.16. The second-order valence-electron chi connectivity index (χ2n) is 3.84. The number of nitrogens with zero attached hydrogens (tertiary/aromatic N) is 2. The number of hydrogen-bond donors (Lipinski definition) is 0. The SMILES string of the molecule is O=[N+]([O-])c1ccc([O-])c(C=NCCc2cccs2)c1. The van der Waals surface area contributed by atoms with Gasteiger partial charge in [-0.05, 0) is 17.0 Å². The summed E-state index contributed by atoms with van der Waals surface area (Å²) < 4.78 is 0. The van der Waals surface area contributed by atoms with Gasteiger partial charge < -0.3 is 5.11 Å². The highest BCUT2D eigenvalue weighted by molar-refractivity contribution is 7.09. The van der Waals surface area contributed by atoms with Crippen LogP contribution in [0, 0.1) is 10.1 Å². The third kappa shape index (κ3) is 3.62. The predicted octanol–water partition coefficient (Wildman–Crippen LogP) is 2.39. The zero-order valence-electron chi connectivity index (χ0n) is 9.98. The summed E-state index contributed by atoms with van der Waals surface area (Å²) in [5.74, 6) is -0.259. The molecule has 1 aromatic heterocycles. The monoisotopic (exact) mass is 275 g/mol. The standard InChI is InChI=1S/C13H12N2O3S/c16-13-4-3-11(15(17)18)8-10(13)9-14-6-5-12-2-1-7-19-12/h1-4,7-9,16H,5-6H2/p-1. The van der Waals surface area contributed by atoms with E-state index < -0.39 is 4.92 Å². The van der Waals surface area contributed by atoms with Crippen molar-refractivity contribution in [2.24, 2.45) is 4.99 Å². The lowest BCUT2D eigenvalue weighted by molar-refractivity contribution is -0.385. The Hall–Kier alpha value is -2.21. The van der Waals surface area contributed by atoms with Crippen molar-refractivity contribution in [3.8, 4) is 5.75 Å². The minimum Gasteiger partial charge on any atom is -0.872 e. The van der Waals surface area contributed by atoms with Crippen LogP contribution in [0.2, 0.25) is 0 Å². The van der Waals surface area contributed by atoms with Crippen molar-refractivity contribution in [3.63, 3.8) is 0 Å². The molecule has 0 aliphatic rings. The first-order valence-electron chi connectivity index (χ1n) is 5.64. The van der Waals surface area contributed by atoms with Gasteiger partial charge in [0.05, 0.1) is 4.92 Å². The molecule has 0 N–H and O–H groups in total. The molecule has 0 saturated heterocycles. The average Bonchev–Trinajstić information content (AvgIpc) is 2.89. The second-order valence-corrected chi connectivity index (χ2v) is 4.88. The molecule has 0 atom stereocenters. The fourth-order valence-electron chi connectivity index (χ4n) is 1.54. The lowest BCUT2D eigenvalue weighted by atomic mass is 10.2. The minimum absolute atomic E-state index is 0.0979. The molecule has 2 rings (SSSR count). The van der Waals surface area contributed by atoms with Gasteiger partial charge in [-0.25, -0.2) is 0 Å². The number of nitro groups is 1. The molecular formula is C13H11N2O3S-. The van der Waals surface area contributed by atoms with Crippen molar-refractivity contribution in [2.75, 3.05) is 6.54 Å². The zero-order valence-corrected chi connectivity index (χ0v) is 10.8. The van der Waals surface area contributed by atoms with Crippen LogP contribution in [0.15, 0.2) is 40.7 Å². The van der Waals surface area contributed by atoms with Crippen LogP contribution in [0.4, 0.5) is 5.69 Å². The van der Waals surface area contributed by atoms with Crippen molar-refractivity contribution < 1.29 is 10.0 Å². The molecular weight excluding hydrogens is 264 g/mol. The maximum Gasteiger partial charge on any atom is 0.270 e. The maximum atomic E-state index is 11.5. The molecule has 0 aliphatic carbocycles. The van der Waals surface area contributed by atoms with Crippen LogP contribution in [0.5, 0.6) is 5.75 Å². The van der Waals surface area contributed by atoms with Gasteiger partial charge in [0.2, 0.25) is 0 Å². The normalized spacial score (nSPS) is 10.9. The molecule has 6 heteroatoms. The third-order valence-corrected chi connectivity index (χ3v) is 3.44. The summed E-state index contributed by atoms with van der Waals surface area (Å²) in [6.45, 7) is 0.558. The number of benzene rings is 1. The van der Waals surface area contributed by atoms with Gasteiger partial charge in [0, 0.05) is 36.2 Å². The lowest BCUT2D eigenvalue weighted by Crippen LogP contribution is -1.98. The minimum atomic E-state index is -0.525. The fourth-order valence-corrected chi connectivity index (χ4v) is 2.24. The molecule has 1 aromatic carbocycles. The zero-order chi connectivity index (χ0) is 13.7. The van der Waals surface area contributed by atoms with Gasteiger partial charge in [-0.15, -0.1) is 11.3 Å². The van der Waals surface area contributed by atoms with E-state index in [9.17, 15) is 15.2 Å². The van der Waals surface area contributed by atoms with E-state index in [0.29, 0.717) is 6.54 Å². The maximum absolute atomic E-state index is 11.5. The smallest absolute Gasteiger partial charge is 0.270 e. The molecule has 0 saturated carbocycles. The Balaban J connectivity index is 2.01. The molecule has 0 amide bonds. The van der Waals surface area contributed by atoms with E-state index in [1.807, 2.05) is 17.5 Å². The fraction of sp³-hybridized carbons (Fsp3) is 0.154. The number of hydrogen-bond acceptors (Lipinski definition) is 5. The Kier molecular flexibility index (Phi) is 4.25. The largest absolute Gasteiger partial charge is 0.872 e. The number of non-ortho nitro benzene ring substituents is 1. The Morgan fingerprint density at radius 3 is 2.89 bits per heavy atom. The number of rotatable bonds is 5. The van der Waals surface area contributed by atoms with Crippen molar-refractivity contribution in [1.82, 2.24) is 0 Å². The first-order valence-corrected chi connectivity index (χ1v) is 6.52. The predicted molar refractivity (Wildman–Crippen MR) is 73.0 cm³/mol. The Morgan fingerprint density at radius 2 is 2.21 bits per heavy atom. The lowest BCUT2D eigenvalue weighted by Gasteiger charge is -2.08. The van der Waals surface area contributed by atoms with Crippen LogP contribution in [-0.2, 0) is 6.42 Å². The molecule has 0 aliphatic heterocycles. The summed E-state index contributed by atoms with van der Waals surface area (Å²) in [6.07, 6.45) is 2.21. The Bertz CT molecular complexity index is 594. The molecule has 0 unspecified atom stereocenters. The van der Waals surface area contributed by atoms with E-state index in [0.717, 1.165) is 6.42 Å². The van der Waals surface area contributed by atoms with Crippen molar-refractivity contribution in [1.29, 1.82) is 0 Å². The summed E-state index contributed by atoms with van der Waals surface area (Å²) in [6, 6.07) is 7.63. The summed E-state index contributed by atoms with van der Waals surface area (Å²) in [7, 11) is 0. The van der Waals surface area contributed by atoms with Crippen LogP contribution < -0.4 is 5.11 Å². The van der Waals surface area contributed by atoms with Gasteiger partial charge in [0.15, 0.2) is 0 Å². The second kappa shape index (κ2) is 6.10. The number of aliphatic imine (C=N–C) groups is 1. The van der Waals surface area contributed by atoms with E-state index in [1.165, 1.54) is 29.3 Å². The van der Waals surface area contributed by atoms with E-state index >= 15 is 0 Å². The van der Waals surface area contributed by atoms with Gasteiger partial charge in [-0.2, -0.15) is 0 Å². The van der Waals surface area contributed by atoms with Crippen LogP contribution in [0.3, 0.4) is 0 Å². The van der Waals surface area contributed by atoms with Gasteiger partial charge in [0.1, 0.15) is 0 Å². The van der Waals surface area contributed by atoms with E-state index in [4.69, 9.17) is 0 Å². The molecule has 19 heavy (non-hydrogen) atoms. The third-order valence-electron chi connectivity index (χ3n) is 2.50. The first kappa shape index (κ1) is 13.2. The van der Waals surface area contributed by atoms with Crippen LogP contribution in [0.1, 0.15) is 10.4 Å². The summed E-state index contributed by atoms with van der Waals surface area (Å²) in [4.78, 5) is 15.4. The average molecular weight is 275 g/mol. The van der Waals surface area contributed by atoms with Gasteiger partial charge >= 0.3 is 0 Å². The molecule has 1 heterocycles. The highest BCUT2D eigenvalue weighted by Crippen LogP contribution is 2.19. The quantitative estimate of drug-likeness (QED) is 0.477. The summed E-state index contributed by atoms with van der Waals surface area (Å²) >= 11 is 1.65. The van der Waals surface area contributed by atoms with E-state index in [1.54, 1.807) is 11.3 Å². The summed E-state index contributed by atoms with van der Waals surface area (Å²) in [5.41, 5.74) is 0.152. The van der Waals surface area contributed by atoms with Gasteiger partial charge in [-0.1, -0.05) is 17.9 Å². The molecule has 0 bridgehead atoms. The van der Waals surface area contributed by atoms with Crippen LogP contribution in [0.25, 0.3) is 0 Å². The van der Waals surface area contributed by atoms with Gasteiger partial charge in [0.25, 0.3) is 5.69 Å². The molecule has 5 nitrogen and oxygen atoms in total. The number of thiophene rings is 1. The number of nitro benzene ring substituents is 1. The molecule has 2 aromatic rings. The topological polar surface area (TPSA) is 78.6 Å². The Morgan fingerprint density at radius 1 is 1.37 bits per heavy atom. The van der Waals surface area contributed by atoms with E-state index in [2.05, 4.69) is 4.99 Å². The highest BCUT2D eigenvalue weighted by Gasteiger charge is 2.05. The molecule has 0 radical (unpaired) electrons. The van der Waals surface area contributed by atoms with Crippen molar-refractivity contribution >= 4 is 23.2 Å². The molecule has 0 spiro atoms. The Labute approximate surface area is 114 Å². The van der Waals surface area contributed by atoms with E-state index in [-0.39, 0.29) is 17.0 Å². The van der Waals surface area contributed by atoms with Crippen LogP contribution in [-0.4, -0.2) is 17.7 Å². The summed E-state index contributed by atoms with van der Waals surface area (Å²) in [5, 5.41) is 24.1. The van der Waals surface area contributed by atoms with Gasteiger partial charge in [-0.3, -0.25) is 15.1 Å². The highest BCUT2D eigenvalue weighted by atomic mass is 32.1. The van der Waals surface area contributed by atoms with Crippen molar-refractivity contribution in [2.45, 2.75) is 6.42 Å². The van der Waals surface area contributed by atoms with Crippen LogP contribution >= 0.6 is 11.3 Å². The molecule has 0 fully saturated rings. The molecule has 98 valence electrons.